The van der Waals surface area contributed by atoms with E-state index < -0.39 is 0 Å². The van der Waals surface area contributed by atoms with Crippen LogP contribution in [0.15, 0.2) is 23.7 Å². The summed E-state index contributed by atoms with van der Waals surface area (Å²) in [6.45, 7) is 5.58. The number of thiophene rings is 1. The minimum Gasteiger partial charge on any atom is -0.355 e. The van der Waals surface area contributed by atoms with Crippen LogP contribution in [0, 0.1) is 0 Å². The van der Waals surface area contributed by atoms with Gasteiger partial charge in [0.2, 0.25) is 0 Å². The summed E-state index contributed by atoms with van der Waals surface area (Å²) >= 11 is 1.80. The van der Waals surface area contributed by atoms with Crippen molar-refractivity contribution in [3.05, 3.63) is 23.7 Å². The maximum absolute atomic E-state index is 4.67. The zero-order valence-electron chi connectivity index (χ0n) is 12.1. The summed E-state index contributed by atoms with van der Waals surface area (Å²) in [5.74, 6) is 1.16. The first-order chi connectivity index (χ1) is 9.88. The Kier molecular flexibility index (Phi) is 4.53. The van der Waals surface area contributed by atoms with Crippen LogP contribution in [0.1, 0.15) is 32.6 Å². The maximum Gasteiger partial charge on any atom is 0.137 e. The topological polar surface area (TPSA) is 28.2 Å². The van der Waals surface area contributed by atoms with E-state index >= 15 is 0 Å². The van der Waals surface area contributed by atoms with Gasteiger partial charge in [-0.3, -0.25) is 0 Å². The minimum absolute atomic E-state index is 0.617. The van der Waals surface area contributed by atoms with Crippen LogP contribution in [-0.2, 0) is 0 Å². The molecule has 1 unspecified atom stereocenters. The zero-order valence-corrected chi connectivity index (χ0v) is 13.0. The molecule has 0 saturated carbocycles. The van der Waals surface area contributed by atoms with Crippen LogP contribution in [0.4, 0.5) is 5.82 Å². The van der Waals surface area contributed by atoms with Crippen LogP contribution in [0.5, 0.6) is 0 Å². The molecular weight excluding hydrogens is 266 g/mol. The highest BCUT2D eigenvalue weighted by atomic mass is 32.1. The number of nitrogens with one attached hydrogen (secondary N) is 1. The molecule has 1 N–H and O–H groups in total. The third-order valence-corrected chi connectivity index (χ3v) is 4.89. The second-order valence-electron chi connectivity index (χ2n) is 5.56. The van der Waals surface area contributed by atoms with Crippen molar-refractivity contribution in [2.24, 2.45) is 0 Å². The number of aromatic nitrogens is 1. The Bertz CT molecular complexity index is 545. The number of pyridine rings is 1. The fourth-order valence-electron chi connectivity index (χ4n) is 3.03. The van der Waals surface area contributed by atoms with E-state index in [0.29, 0.717) is 6.04 Å². The highest BCUT2D eigenvalue weighted by molar-refractivity contribution is 7.17. The molecule has 4 heteroatoms. The van der Waals surface area contributed by atoms with E-state index in [9.17, 15) is 0 Å². The number of anilines is 1. The average molecular weight is 289 g/mol. The van der Waals surface area contributed by atoms with Crippen molar-refractivity contribution in [1.82, 2.24) is 10.3 Å². The second kappa shape index (κ2) is 6.55. The Balaban J connectivity index is 1.83. The quantitative estimate of drug-likeness (QED) is 0.910. The molecule has 0 radical (unpaired) electrons. The Labute approximate surface area is 125 Å². The molecule has 1 atom stereocenters. The summed E-state index contributed by atoms with van der Waals surface area (Å²) in [7, 11) is 0. The smallest absolute Gasteiger partial charge is 0.137 e. The molecule has 1 aliphatic heterocycles. The lowest BCUT2D eigenvalue weighted by Gasteiger charge is -2.31. The first kappa shape index (κ1) is 13.8. The molecule has 2 aromatic heterocycles. The van der Waals surface area contributed by atoms with Gasteiger partial charge >= 0.3 is 0 Å². The molecule has 0 aromatic carbocycles. The van der Waals surface area contributed by atoms with Gasteiger partial charge in [0.05, 0.1) is 0 Å². The zero-order chi connectivity index (χ0) is 13.8. The van der Waals surface area contributed by atoms with E-state index in [1.165, 1.54) is 35.9 Å². The molecular formula is C16H23N3S. The Hall–Kier alpha value is -1.13. The molecule has 2 aromatic rings. The van der Waals surface area contributed by atoms with E-state index in [1.54, 1.807) is 11.3 Å². The van der Waals surface area contributed by atoms with Gasteiger partial charge in [-0.1, -0.05) is 13.3 Å². The monoisotopic (exact) mass is 289 g/mol. The fourth-order valence-corrected chi connectivity index (χ4v) is 3.81. The summed E-state index contributed by atoms with van der Waals surface area (Å²) in [5.41, 5.74) is 0. The summed E-state index contributed by atoms with van der Waals surface area (Å²) in [6.07, 6.45) is 7.08. The van der Waals surface area contributed by atoms with Crippen molar-refractivity contribution in [3.8, 4) is 0 Å². The first-order valence-corrected chi connectivity index (χ1v) is 8.57. The van der Waals surface area contributed by atoms with Crippen molar-refractivity contribution in [3.63, 3.8) is 0 Å². The second-order valence-corrected chi connectivity index (χ2v) is 6.51. The summed E-state index contributed by atoms with van der Waals surface area (Å²) in [6, 6.07) is 4.94. The van der Waals surface area contributed by atoms with E-state index in [4.69, 9.17) is 0 Å². The number of piperidine rings is 1. The Morgan fingerprint density at radius 3 is 3.15 bits per heavy atom. The highest BCUT2D eigenvalue weighted by Gasteiger charge is 2.18. The van der Waals surface area contributed by atoms with Crippen molar-refractivity contribution >= 4 is 27.2 Å². The fraction of sp³-hybridized carbons (Fsp3) is 0.562. The molecule has 1 aliphatic rings. The lowest BCUT2D eigenvalue weighted by atomic mass is 10.0. The molecule has 1 fully saturated rings. The van der Waals surface area contributed by atoms with Crippen LogP contribution >= 0.6 is 11.3 Å². The van der Waals surface area contributed by atoms with E-state index in [-0.39, 0.29) is 0 Å². The van der Waals surface area contributed by atoms with Gasteiger partial charge in [0.1, 0.15) is 5.82 Å². The number of hydrogen-bond acceptors (Lipinski definition) is 4. The molecule has 108 valence electrons. The van der Waals surface area contributed by atoms with E-state index in [0.717, 1.165) is 25.3 Å². The van der Waals surface area contributed by atoms with Crippen LogP contribution < -0.4 is 10.2 Å². The van der Waals surface area contributed by atoms with Crippen LogP contribution in [0.25, 0.3) is 10.1 Å². The number of nitrogens with zero attached hydrogens (tertiary/aromatic N) is 2. The molecule has 0 bridgehead atoms. The van der Waals surface area contributed by atoms with Crippen LogP contribution in [-0.4, -0.2) is 30.7 Å². The summed E-state index contributed by atoms with van der Waals surface area (Å²) in [4.78, 5) is 7.14. The van der Waals surface area contributed by atoms with Gasteiger partial charge in [0.15, 0.2) is 0 Å². The predicted molar refractivity (Wildman–Crippen MR) is 87.8 cm³/mol. The van der Waals surface area contributed by atoms with Crippen molar-refractivity contribution in [2.45, 2.75) is 38.6 Å². The summed E-state index contributed by atoms with van der Waals surface area (Å²) < 4.78 is 1.34. The molecule has 3 nitrogen and oxygen atoms in total. The largest absolute Gasteiger partial charge is 0.355 e. The number of hydrogen-bond donors (Lipinski definition) is 1. The Morgan fingerprint density at radius 1 is 1.40 bits per heavy atom. The predicted octanol–water partition coefficient (Wildman–Crippen LogP) is 3.65. The minimum atomic E-state index is 0.617. The van der Waals surface area contributed by atoms with Gasteiger partial charge in [0.25, 0.3) is 0 Å². The van der Waals surface area contributed by atoms with E-state index in [1.807, 2.05) is 6.20 Å². The Morgan fingerprint density at radius 2 is 2.35 bits per heavy atom. The first-order valence-electron chi connectivity index (χ1n) is 7.69. The number of fused-ring (bicyclic) bond motifs is 1. The molecule has 1 saturated heterocycles. The van der Waals surface area contributed by atoms with Crippen LogP contribution in [0.2, 0.25) is 0 Å². The van der Waals surface area contributed by atoms with Gasteiger partial charge in [-0.2, -0.15) is 0 Å². The average Bonchev–Trinajstić information content (AvgIpc) is 2.96. The van der Waals surface area contributed by atoms with Crippen molar-refractivity contribution in [2.75, 3.05) is 24.5 Å². The van der Waals surface area contributed by atoms with Crippen molar-refractivity contribution in [1.29, 1.82) is 0 Å². The lowest BCUT2D eigenvalue weighted by Crippen LogP contribution is -2.44. The molecule has 3 heterocycles. The highest BCUT2D eigenvalue weighted by Crippen LogP contribution is 2.29. The van der Waals surface area contributed by atoms with Gasteiger partial charge in [-0.15, -0.1) is 11.3 Å². The third kappa shape index (κ3) is 2.96. The van der Waals surface area contributed by atoms with Crippen molar-refractivity contribution < 1.29 is 0 Å². The molecule has 20 heavy (non-hydrogen) atoms. The SMILES string of the molecule is CCCN(CC1CCCCN1)c1nccc2sccc12. The van der Waals surface area contributed by atoms with Gasteiger partial charge in [-0.05, 0) is 43.3 Å². The van der Waals surface area contributed by atoms with Gasteiger partial charge in [-0.25, -0.2) is 4.98 Å². The standard InChI is InChI=1S/C16H23N3S/c1-2-10-19(12-13-5-3-4-8-17-13)16-14-7-11-20-15(14)6-9-18-16/h6-7,9,11,13,17H,2-5,8,10,12H2,1H3. The molecule has 0 amide bonds. The van der Waals surface area contributed by atoms with Gasteiger partial charge < -0.3 is 10.2 Å². The molecule has 0 aliphatic carbocycles. The third-order valence-electron chi connectivity index (χ3n) is 4.01. The number of rotatable bonds is 5. The molecule has 0 spiro atoms. The maximum atomic E-state index is 4.67. The lowest BCUT2D eigenvalue weighted by molar-refractivity contribution is 0.398. The molecule has 3 rings (SSSR count). The normalized spacial score (nSPS) is 19.4. The van der Waals surface area contributed by atoms with Crippen LogP contribution in [0.3, 0.4) is 0 Å². The van der Waals surface area contributed by atoms with Gasteiger partial charge in [0, 0.05) is 35.4 Å². The summed E-state index contributed by atoms with van der Waals surface area (Å²) in [5, 5.41) is 7.13. The van der Waals surface area contributed by atoms with E-state index in [2.05, 4.69) is 39.6 Å².